The van der Waals surface area contributed by atoms with Crippen LogP contribution in [0.4, 0.5) is 11.4 Å². The summed E-state index contributed by atoms with van der Waals surface area (Å²) in [5.74, 6) is -0.713. The predicted octanol–water partition coefficient (Wildman–Crippen LogP) is 2.56. The molecular formula is C16H22ClN3O5. The van der Waals surface area contributed by atoms with E-state index in [1.54, 1.807) is 0 Å². The summed E-state index contributed by atoms with van der Waals surface area (Å²) in [6, 6.07) is 2.96. The van der Waals surface area contributed by atoms with E-state index in [2.05, 4.69) is 21.9 Å². The summed E-state index contributed by atoms with van der Waals surface area (Å²) in [6.45, 7) is 6.79. The van der Waals surface area contributed by atoms with Gasteiger partial charge in [0.15, 0.2) is 0 Å². The van der Waals surface area contributed by atoms with Crippen molar-refractivity contribution in [3.05, 3.63) is 32.8 Å². The van der Waals surface area contributed by atoms with Gasteiger partial charge in [0.25, 0.3) is 5.69 Å². The third-order valence-electron chi connectivity index (χ3n) is 4.26. The summed E-state index contributed by atoms with van der Waals surface area (Å²) in [4.78, 5) is 24.7. The Labute approximate surface area is 151 Å². The van der Waals surface area contributed by atoms with Gasteiger partial charge in [-0.15, -0.1) is 0 Å². The Kier molecular flexibility index (Phi) is 6.57. The second-order valence-electron chi connectivity index (χ2n) is 5.99. The maximum atomic E-state index is 11.7. The van der Waals surface area contributed by atoms with Crippen LogP contribution < -0.4 is 5.32 Å². The lowest BCUT2D eigenvalue weighted by molar-refractivity contribution is -0.384. The number of methoxy groups -OCH3 is 1. The topological polar surface area (TPSA) is 93.9 Å². The van der Waals surface area contributed by atoms with Crippen molar-refractivity contribution >= 4 is 28.9 Å². The van der Waals surface area contributed by atoms with Crippen LogP contribution in [-0.2, 0) is 9.47 Å². The van der Waals surface area contributed by atoms with Gasteiger partial charge in [0.05, 0.1) is 35.8 Å². The maximum absolute atomic E-state index is 11.7. The quantitative estimate of drug-likeness (QED) is 0.466. The molecule has 0 bridgehead atoms. The van der Waals surface area contributed by atoms with Crippen LogP contribution in [0.3, 0.4) is 0 Å². The molecule has 1 aromatic rings. The van der Waals surface area contributed by atoms with Crippen molar-refractivity contribution in [1.29, 1.82) is 0 Å². The summed E-state index contributed by atoms with van der Waals surface area (Å²) in [5, 5.41) is 14.5. The molecule has 1 saturated heterocycles. The molecule has 1 aliphatic heterocycles. The zero-order valence-corrected chi connectivity index (χ0v) is 15.2. The highest BCUT2D eigenvalue weighted by molar-refractivity contribution is 6.34. The Morgan fingerprint density at radius 2 is 2.32 bits per heavy atom. The number of carbonyl (C=O) groups excluding carboxylic acids is 1. The number of esters is 1. The van der Waals surface area contributed by atoms with Gasteiger partial charge in [-0.2, -0.15) is 0 Å². The fourth-order valence-electron chi connectivity index (χ4n) is 2.89. The van der Waals surface area contributed by atoms with Gasteiger partial charge in [0.2, 0.25) is 0 Å². The molecule has 1 fully saturated rings. The number of hydrogen-bond acceptors (Lipinski definition) is 7. The Balaban J connectivity index is 2.16. The van der Waals surface area contributed by atoms with Gasteiger partial charge >= 0.3 is 5.97 Å². The number of ether oxygens (including phenoxy) is 2. The highest BCUT2D eigenvalue weighted by Crippen LogP contribution is 2.31. The minimum atomic E-state index is -0.713. The van der Waals surface area contributed by atoms with Crippen LogP contribution in [0.5, 0.6) is 0 Å². The molecule has 1 aromatic carbocycles. The van der Waals surface area contributed by atoms with Crippen molar-refractivity contribution in [2.75, 3.05) is 38.7 Å². The molecule has 138 valence electrons. The lowest BCUT2D eigenvalue weighted by atomic mass is 10.1. The molecule has 0 spiro atoms. The SMILES string of the molecule is COC(=O)c1cc([N+](=O)[O-])c(NCC(C)N2CCOCC2C)cc1Cl. The van der Waals surface area contributed by atoms with E-state index in [1.165, 1.54) is 13.2 Å². The molecule has 2 rings (SSSR count). The molecule has 0 aliphatic carbocycles. The molecule has 2 unspecified atom stereocenters. The summed E-state index contributed by atoms with van der Waals surface area (Å²) < 4.78 is 10.0. The van der Waals surface area contributed by atoms with Crippen molar-refractivity contribution in [3.8, 4) is 0 Å². The first-order valence-electron chi connectivity index (χ1n) is 7.98. The minimum absolute atomic E-state index is 0.0312. The molecule has 9 heteroatoms. The maximum Gasteiger partial charge on any atom is 0.339 e. The van der Waals surface area contributed by atoms with Gasteiger partial charge in [-0.25, -0.2) is 4.79 Å². The van der Waals surface area contributed by atoms with Crippen LogP contribution in [-0.4, -0.2) is 61.3 Å². The molecular weight excluding hydrogens is 350 g/mol. The number of nitrogens with one attached hydrogen (secondary N) is 1. The number of benzene rings is 1. The number of anilines is 1. The first kappa shape index (κ1) is 19.4. The Bertz CT molecular complexity index is 655. The number of hydrogen-bond donors (Lipinski definition) is 1. The van der Waals surface area contributed by atoms with E-state index in [0.717, 1.165) is 12.6 Å². The molecule has 2 atom stereocenters. The fraction of sp³-hybridized carbons (Fsp3) is 0.562. The fourth-order valence-corrected chi connectivity index (χ4v) is 3.13. The number of rotatable bonds is 6. The van der Waals surface area contributed by atoms with E-state index in [0.29, 0.717) is 19.8 Å². The van der Waals surface area contributed by atoms with Gasteiger partial charge in [-0.1, -0.05) is 11.6 Å². The van der Waals surface area contributed by atoms with Crippen LogP contribution in [0, 0.1) is 10.1 Å². The molecule has 0 aromatic heterocycles. The van der Waals surface area contributed by atoms with Crippen LogP contribution >= 0.6 is 11.6 Å². The molecule has 0 saturated carbocycles. The third-order valence-corrected chi connectivity index (χ3v) is 4.57. The van der Waals surface area contributed by atoms with E-state index in [-0.39, 0.29) is 34.0 Å². The summed E-state index contributed by atoms with van der Waals surface area (Å²) >= 11 is 6.08. The first-order chi connectivity index (χ1) is 11.8. The Morgan fingerprint density at radius 3 is 2.92 bits per heavy atom. The molecule has 1 N–H and O–H groups in total. The lowest BCUT2D eigenvalue weighted by Crippen LogP contribution is -2.50. The van der Waals surface area contributed by atoms with E-state index < -0.39 is 10.9 Å². The highest BCUT2D eigenvalue weighted by Gasteiger charge is 2.25. The zero-order chi connectivity index (χ0) is 18.6. The average Bonchev–Trinajstić information content (AvgIpc) is 2.59. The number of nitro benzene ring substituents is 1. The summed E-state index contributed by atoms with van der Waals surface area (Å²) in [6.07, 6.45) is 0. The van der Waals surface area contributed by atoms with Crippen molar-refractivity contribution in [2.45, 2.75) is 25.9 Å². The Morgan fingerprint density at radius 1 is 1.60 bits per heavy atom. The lowest BCUT2D eigenvalue weighted by Gasteiger charge is -2.38. The van der Waals surface area contributed by atoms with Crippen LogP contribution in [0.1, 0.15) is 24.2 Å². The number of morpholine rings is 1. The van der Waals surface area contributed by atoms with Gasteiger partial charge in [0.1, 0.15) is 5.69 Å². The highest BCUT2D eigenvalue weighted by atomic mass is 35.5. The zero-order valence-electron chi connectivity index (χ0n) is 14.5. The van der Waals surface area contributed by atoms with Crippen molar-refractivity contribution in [2.24, 2.45) is 0 Å². The molecule has 0 amide bonds. The van der Waals surface area contributed by atoms with Gasteiger partial charge in [0, 0.05) is 31.2 Å². The molecule has 1 aliphatic rings. The largest absolute Gasteiger partial charge is 0.465 e. The van der Waals surface area contributed by atoms with Crippen LogP contribution in [0.25, 0.3) is 0 Å². The summed E-state index contributed by atoms with van der Waals surface area (Å²) in [7, 11) is 1.20. The van der Waals surface area contributed by atoms with Crippen molar-refractivity contribution in [1.82, 2.24) is 4.90 Å². The second-order valence-corrected chi connectivity index (χ2v) is 6.40. The van der Waals surface area contributed by atoms with Gasteiger partial charge < -0.3 is 14.8 Å². The predicted molar refractivity (Wildman–Crippen MR) is 94.4 cm³/mol. The molecule has 0 radical (unpaired) electrons. The monoisotopic (exact) mass is 371 g/mol. The van der Waals surface area contributed by atoms with Gasteiger partial charge in [-0.3, -0.25) is 15.0 Å². The van der Waals surface area contributed by atoms with Gasteiger partial charge in [-0.05, 0) is 19.9 Å². The molecule has 1 heterocycles. The molecule has 8 nitrogen and oxygen atoms in total. The van der Waals surface area contributed by atoms with E-state index in [1.807, 2.05) is 6.92 Å². The minimum Gasteiger partial charge on any atom is -0.465 e. The normalized spacial score (nSPS) is 19.3. The summed E-state index contributed by atoms with van der Waals surface area (Å²) in [5.41, 5.74) is 0.0266. The van der Waals surface area contributed by atoms with Crippen molar-refractivity contribution < 1.29 is 19.2 Å². The Hall–Kier alpha value is -1.90. The first-order valence-corrected chi connectivity index (χ1v) is 8.36. The number of halogens is 1. The van der Waals surface area contributed by atoms with E-state index in [9.17, 15) is 14.9 Å². The number of nitrogens with zero attached hydrogens (tertiary/aromatic N) is 2. The number of nitro groups is 1. The van der Waals surface area contributed by atoms with Crippen molar-refractivity contribution in [3.63, 3.8) is 0 Å². The average molecular weight is 372 g/mol. The molecule has 25 heavy (non-hydrogen) atoms. The second kappa shape index (κ2) is 8.46. The standard InChI is InChI=1S/C16H22ClN3O5/c1-10(19-4-5-25-9-11(19)2)8-18-14-7-13(17)12(16(21)24-3)6-15(14)20(22)23/h6-7,10-11,18H,4-5,8-9H2,1-3H3. The number of carbonyl (C=O) groups is 1. The van der Waals surface area contributed by atoms with E-state index in [4.69, 9.17) is 16.3 Å². The van der Waals surface area contributed by atoms with E-state index >= 15 is 0 Å². The van der Waals surface area contributed by atoms with Crippen LogP contribution in [0.15, 0.2) is 12.1 Å². The van der Waals surface area contributed by atoms with Crippen LogP contribution in [0.2, 0.25) is 5.02 Å². The third kappa shape index (κ3) is 4.59. The smallest absolute Gasteiger partial charge is 0.339 e.